The highest BCUT2D eigenvalue weighted by Gasteiger charge is 2.27. The van der Waals surface area contributed by atoms with Gasteiger partial charge in [0.05, 0.1) is 22.3 Å². The van der Waals surface area contributed by atoms with Gasteiger partial charge in [-0.3, -0.25) is 0 Å². The van der Waals surface area contributed by atoms with Crippen molar-refractivity contribution in [1.29, 1.82) is 0 Å². The van der Waals surface area contributed by atoms with Gasteiger partial charge in [0.1, 0.15) is 11.2 Å². The quantitative estimate of drug-likeness (QED) is 0.177. The van der Waals surface area contributed by atoms with Crippen LogP contribution < -0.4 is 0 Å². The Morgan fingerprint density at radius 2 is 0.924 bits per heavy atom. The van der Waals surface area contributed by atoms with Crippen molar-refractivity contribution in [2.75, 3.05) is 0 Å². The van der Waals surface area contributed by atoms with E-state index in [4.69, 9.17) is 19.4 Å². The van der Waals surface area contributed by atoms with Crippen LogP contribution in [0, 0.1) is 0 Å². The Bertz CT molecular complexity index is 4420. The van der Waals surface area contributed by atoms with Crippen LogP contribution in [-0.2, 0) is 0 Å². The average molecular weight is 877 g/mol. The van der Waals surface area contributed by atoms with E-state index in [1.165, 1.54) is 56.5 Å². The van der Waals surface area contributed by atoms with Crippen LogP contribution in [0.5, 0.6) is 0 Å². The smallest absolute Gasteiger partial charge is 0.170 e. The minimum atomic E-state index is 0.541. The lowest BCUT2D eigenvalue weighted by molar-refractivity contribution is 0.669. The fourth-order valence-corrected chi connectivity index (χ4v) is 12.8. The summed E-state index contributed by atoms with van der Waals surface area (Å²) in [5, 5.41) is 13.7. The van der Waals surface area contributed by atoms with Crippen molar-refractivity contribution < 1.29 is 4.42 Å². The van der Waals surface area contributed by atoms with E-state index in [1.54, 1.807) is 22.7 Å². The maximum atomic E-state index is 7.07. The first-order valence-corrected chi connectivity index (χ1v) is 23.7. The van der Waals surface area contributed by atoms with Crippen LogP contribution in [0.15, 0.2) is 199 Å². The molecule has 0 aliphatic rings. The predicted molar refractivity (Wildman–Crippen MR) is 279 cm³/mol. The van der Waals surface area contributed by atoms with Crippen molar-refractivity contribution in [1.82, 2.24) is 19.5 Å². The Hall–Kier alpha value is -8.23. The molecule has 5 aromatic heterocycles. The van der Waals surface area contributed by atoms with Gasteiger partial charge in [0, 0.05) is 78.4 Å². The zero-order valence-electron chi connectivity index (χ0n) is 35.0. The summed E-state index contributed by atoms with van der Waals surface area (Å²) in [5.74, 6) is 1.76. The summed E-state index contributed by atoms with van der Waals surface area (Å²) in [4.78, 5) is 16.8. The molecule has 5 nitrogen and oxygen atoms in total. The highest BCUT2D eigenvalue weighted by Crippen LogP contribution is 2.47. The third kappa shape index (κ3) is 5.12. The van der Waals surface area contributed by atoms with Gasteiger partial charge in [0.2, 0.25) is 0 Å². The van der Waals surface area contributed by atoms with Gasteiger partial charge in [-0.1, -0.05) is 140 Å². The van der Waals surface area contributed by atoms with Crippen LogP contribution in [0.3, 0.4) is 0 Å². The summed E-state index contributed by atoms with van der Waals surface area (Å²) in [6, 6.07) is 69.5. The molecule has 15 rings (SSSR count). The molecule has 0 saturated heterocycles. The fourth-order valence-electron chi connectivity index (χ4n) is 10.5. The topological polar surface area (TPSA) is 56.7 Å². The normalized spacial score (nSPS) is 12.2. The van der Waals surface area contributed by atoms with E-state index in [9.17, 15) is 0 Å². The molecule has 0 unspecified atom stereocenters. The summed E-state index contributed by atoms with van der Waals surface area (Å²) in [6.07, 6.45) is 0. The average Bonchev–Trinajstić information content (AvgIpc) is 4.14. The minimum Gasteiger partial charge on any atom is -0.455 e. The van der Waals surface area contributed by atoms with Gasteiger partial charge in [-0.2, -0.15) is 0 Å². The Labute approximate surface area is 384 Å². The van der Waals surface area contributed by atoms with Crippen molar-refractivity contribution in [3.63, 3.8) is 0 Å². The second kappa shape index (κ2) is 13.6. The van der Waals surface area contributed by atoms with Gasteiger partial charge in [-0.25, -0.2) is 15.0 Å². The molecule has 0 saturated carbocycles. The molecule has 0 fully saturated rings. The second-order valence-electron chi connectivity index (χ2n) is 17.0. The summed E-state index contributed by atoms with van der Waals surface area (Å²) in [7, 11) is 0. The summed E-state index contributed by atoms with van der Waals surface area (Å²) >= 11 is 3.59. The Kier molecular flexibility index (Phi) is 7.47. The standard InChI is InChI=1S/C59H32N4OS2/c1-2-15-35-32-46-44(31-34(35)14-1)38-28-27-33-13-3-4-16-36(33)55(38)63(46)45-30-29-39-37-17-5-8-22-47(37)64-56(39)54(45)59-61-57(42-20-11-25-50-52(42)40-18-6-9-23-48(40)65-50)60-58(62-59)43-21-12-26-51-53(43)41-19-7-10-24-49(41)66-51/h1-32H. The summed E-state index contributed by atoms with van der Waals surface area (Å²) in [6.45, 7) is 0. The molecule has 7 heteroatoms. The molecule has 306 valence electrons. The minimum absolute atomic E-state index is 0.541. The van der Waals surface area contributed by atoms with E-state index in [1.807, 2.05) is 12.1 Å². The number of rotatable bonds is 4. The van der Waals surface area contributed by atoms with Gasteiger partial charge in [-0.15, -0.1) is 22.7 Å². The number of aromatic nitrogens is 4. The largest absolute Gasteiger partial charge is 0.455 e. The van der Waals surface area contributed by atoms with Crippen molar-refractivity contribution in [3.05, 3.63) is 194 Å². The molecular formula is C59H32N4OS2. The molecule has 0 amide bonds. The Morgan fingerprint density at radius 3 is 1.62 bits per heavy atom. The number of para-hydroxylation sites is 1. The molecule has 0 aliphatic heterocycles. The molecule has 0 atom stereocenters. The van der Waals surface area contributed by atoms with Crippen molar-refractivity contribution >= 4 is 128 Å². The van der Waals surface area contributed by atoms with E-state index in [2.05, 4.69) is 187 Å². The first-order chi connectivity index (χ1) is 32.7. The molecule has 0 bridgehead atoms. The second-order valence-corrected chi connectivity index (χ2v) is 19.2. The van der Waals surface area contributed by atoms with E-state index in [0.717, 1.165) is 71.5 Å². The van der Waals surface area contributed by atoms with Gasteiger partial charge in [-0.05, 0) is 70.8 Å². The highest BCUT2D eigenvalue weighted by molar-refractivity contribution is 7.26. The SMILES string of the molecule is c1ccc2cc3c(cc2c1)c1ccc2ccccc2c1n3-c1ccc2c(oc3ccccc32)c1-c1nc(-c2cccc3sc4ccccc4c23)nc(-c2cccc3sc4ccccc4c23)n1. The number of hydrogen-bond donors (Lipinski definition) is 0. The van der Waals surface area contributed by atoms with Gasteiger partial charge < -0.3 is 8.98 Å². The molecule has 10 aromatic carbocycles. The molecule has 66 heavy (non-hydrogen) atoms. The van der Waals surface area contributed by atoms with Crippen molar-refractivity contribution in [2.45, 2.75) is 0 Å². The zero-order chi connectivity index (χ0) is 43.0. The number of hydrogen-bond acceptors (Lipinski definition) is 6. The number of benzene rings is 10. The maximum absolute atomic E-state index is 7.07. The Balaban J connectivity index is 1.13. The van der Waals surface area contributed by atoms with E-state index in [0.29, 0.717) is 17.5 Å². The van der Waals surface area contributed by atoms with Gasteiger partial charge in [0.15, 0.2) is 17.5 Å². The molecule has 15 aromatic rings. The van der Waals surface area contributed by atoms with Crippen LogP contribution in [0.2, 0.25) is 0 Å². The summed E-state index contributed by atoms with van der Waals surface area (Å²) < 4.78 is 14.3. The number of fused-ring (bicyclic) bond motifs is 15. The van der Waals surface area contributed by atoms with Gasteiger partial charge >= 0.3 is 0 Å². The molecule has 0 N–H and O–H groups in total. The van der Waals surface area contributed by atoms with Gasteiger partial charge in [0.25, 0.3) is 0 Å². The van der Waals surface area contributed by atoms with Crippen molar-refractivity contribution in [3.8, 4) is 39.9 Å². The molecular weight excluding hydrogens is 845 g/mol. The first kappa shape index (κ1) is 36.1. The van der Waals surface area contributed by atoms with Crippen LogP contribution >= 0.6 is 22.7 Å². The molecule has 0 radical (unpaired) electrons. The zero-order valence-corrected chi connectivity index (χ0v) is 36.6. The number of furan rings is 1. The molecule has 0 spiro atoms. The monoisotopic (exact) mass is 876 g/mol. The first-order valence-electron chi connectivity index (χ1n) is 22.1. The number of thiophene rings is 2. The van der Waals surface area contributed by atoms with Crippen LogP contribution in [0.1, 0.15) is 0 Å². The molecule has 5 heterocycles. The van der Waals surface area contributed by atoms with Crippen LogP contribution in [0.25, 0.3) is 145 Å². The van der Waals surface area contributed by atoms with Crippen LogP contribution in [-0.4, -0.2) is 19.5 Å². The lowest BCUT2D eigenvalue weighted by Crippen LogP contribution is -2.04. The van der Waals surface area contributed by atoms with Crippen molar-refractivity contribution in [2.24, 2.45) is 0 Å². The molecule has 0 aliphatic carbocycles. The predicted octanol–water partition coefficient (Wildman–Crippen LogP) is 16.9. The maximum Gasteiger partial charge on any atom is 0.170 e. The third-order valence-electron chi connectivity index (χ3n) is 13.4. The van der Waals surface area contributed by atoms with E-state index in [-0.39, 0.29) is 0 Å². The van der Waals surface area contributed by atoms with Crippen LogP contribution in [0.4, 0.5) is 0 Å². The fraction of sp³-hybridized carbons (Fsp3) is 0. The summed E-state index contributed by atoms with van der Waals surface area (Å²) in [5.41, 5.74) is 7.40. The lowest BCUT2D eigenvalue weighted by atomic mass is 10.0. The third-order valence-corrected chi connectivity index (χ3v) is 15.7. The van der Waals surface area contributed by atoms with E-state index < -0.39 is 0 Å². The van der Waals surface area contributed by atoms with E-state index >= 15 is 0 Å². The Morgan fingerprint density at radius 1 is 0.379 bits per heavy atom. The lowest BCUT2D eigenvalue weighted by Gasteiger charge is -2.16. The number of nitrogens with zero attached hydrogens (tertiary/aromatic N) is 4. The highest BCUT2D eigenvalue weighted by atomic mass is 32.1.